The Morgan fingerprint density at radius 3 is 2.64 bits per heavy atom. The second-order valence-corrected chi connectivity index (χ2v) is 5.40. The van der Waals surface area contributed by atoms with Crippen LogP contribution >= 0.6 is 0 Å². The Bertz CT molecular complexity index is 944. The Kier molecular flexibility index (Phi) is 4.92. The van der Waals surface area contributed by atoms with Crippen molar-refractivity contribution in [1.29, 1.82) is 0 Å². The van der Waals surface area contributed by atoms with Gasteiger partial charge in [0.25, 0.3) is 0 Å². The molecule has 0 saturated carbocycles. The number of benzene rings is 2. The number of aromatic nitrogens is 1. The first-order valence-electron chi connectivity index (χ1n) is 7.79. The number of allylic oxidation sites excluding steroid dienone is 1. The monoisotopic (exact) mass is 334 g/mol. The lowest BCUT2D eigenvalue weighted by Crippen LogP contribution is -2.01. The van der Waals surface area contributed by atoms with Gasteiger partial charge in [0.15, 0.2) is 0 Å². The molecule has 0 aliphatic rings. The predicted octanol–water partition coefficient (Wildman–Crippen LogP) is 2.99. The number of nitrogens with two attached hydrogens (primary N) is 1. The molecule has 1 aromatic heterocycles. The number of anilines is 2. The van der Waals surface area contributed by atoms with Crippen LogP contribution in [0.3, 0.4) is 0 Å². The number of aromatic amines is 1. The number of aldehydes is 1. The molecule has 5 N–H and O–H groups in total. The molecular weight excluding hydrogens is 316 g/mol. The van der Waals surface area contributed by atoms with Crippen LogP contribution in [-0.4, -0.2) is 17.7 Å². The van der Waals surface area contributed by atoms with E-state index < -0.39 is 0 Å². The summed E-state index contributed by atoms with van der Waals surface area (Å²) >= 11 is 0. The second-order valence-electron chi connectivity index (χ2n) is 5.40. The highest BCUT2D eigenvalue weighted by molar-refractivity contribution is 6.04. The highest BCUT2D eigenvalue weighted by atomic mass is 16.1. The highest BCUT2D eigenvalue weighted by Crippen LogP contribution is 2.35. The van der Waals surface area contributed by atoms with Gasteiger partial charge in [-0.15, -0.1) is 0 Å². The number of carbonyl (C=O) groups excluding carboxylic acids is 2. The quantitative estimate of drug-likeness (QED) is 0.394. The number of fused-ring (bicyclic) bond motifs is 1. The maximum absolute atomic E-state index is 10.8. The molecule has 6 heteroatoms. The summed E-state index contributed by atoms with van der Waals surface area (Å²) in [7, 11) is 0. The van der Waals surface area contributed by atoms with Crippen LogP contribution in [0.15, 0.2) is 54.9 Å². The molecule has 0 saturated heterocycles. The SMILES string of the molecule is NCc1cc(NC=CC=O)ccc1-c1ccc(NC=O)c2[nH]ccc12. The largest absolute Gasteiger partial charge is 0.362 e. The summed E-state index contributed by atoms with van der Waals surface area (Å²) < 4.78 is 0. The average Bonchev–Trinajstić information content (AvgIpc) is 3.13. The van der Waals surface area contributed by atoms with E-state index in [9.17, 15) is 9.59 Å². The first-order valence-corrected chi connectivity index (χ1v) is 7.79. The smallest absolute Gasteiger partial charge is 0.211 e. The second kappa shape index (κ2) is 7.46. The molecule has 0 aliphatic heterocycles. The Morgan fingerprint density at radius 2 is 1.88 bits per heavy atom. The Balaban J connectivity index is 2.07. The minimum absolute atomic E-state index is 0.377. The minimum atomic E-state index is 0.377. The van der Waals surface area contributed by atoms with Gasteiger partial charge >= 0.3 is 0 Å². The van der Waals surface area contributed by atoms with Crippen molar-refractivity contribution in [3.05, 3.63) is 60.4 Å². The molecule has 1 heterocycles. The Labute approximate surface area is 144 Å². The van der Waals surface area contributed by atoms with Gasteiger partial charge in [-0.3, -0.25) is 9.59 Å². The summed E-state index contributed by atoms with van der Waals surface area (Å²) in [6.07, 6.45) is 6.17. The fourth-order valence-electron chi connectivity index (χ4n) is 2.87. The van der Waals surface area contributed by atoms with Crippen LogP contribution in [0.4, 0.5) is 11.4 Å². The van der Waals surface area contributed by atoms with Crippen molar-refractivity contribution >= 4 is 35.0 Å². The van der Waals surface area contributed by atoms with Crippen molar-refractivity contribution in [3.63, 3.8) is 0 Å². The number of rotatable bonds is 7. The van der Waals surface area contributed by atoms with Gasteiger partial charge in [-0.2, -0.15) is 0 Å². The lowest BCUT2D eigenvalue weighted by atomic mass is 9.95. The van der Waals surface area contributed by atoms with Crippen molar-refractivity contribution < 1.29 is 9.59 Å². The average molecular weight is 334 g/mol. The number of hydrogen-bond acceptors (Lipinski definition) is 4. The van der Waals surface area contributed by atoms with Crippen molar-refractivity contribution in [1.82, 2.24) is 4.98 Å². The minimum Gasteiger partial charge on any atom is -0.362 e. The highest BCUT2D eigenvalue weighted by Gasteiger charge is 2.12. The van der Waals surface area contributed by atoms with E-state index in [1.54, 1.807) is 6.20 Å². The summed E-state index contributed by atoms with van der Waals surface area (Å²) in [5, 5.41) is 6.74. The zero-order valence-corrected chi connectivity index (χ0v) is 13.5. The van der Waals surface area contributed by atoms with E-state index in [-0.39, 0.29) is 0 Å². The van der Waals surface area contributed by atoms with Gasteiger partial charge in [0.2, 0.25) is 6.41 Å². The van der Waals surface area contributed by atoms with E-state index in [4.69, 9.17) is 5.73 Å². The molecule has 3 aromatic rings. The number of carbonyl (C=O) groups is 2. The van der Waals surface area contributed by atoms with Crippen LogP contribution in [0.2, 0.25) is 0 Å². The van der Waals surface area contributed by atoms with E-state index in [1.165, 1.54) is 6.08 Å². The third kappa shape index (κ3) is 3.29. The van der Waals surface area contributed by atoms with Crippen LogP contribution in [0, 0.1) is 0 Å². The number of hydrogen-bond donors (Lipinski definition) is 4. The normalized spacial score (nSPS) is 10.9. The van der Waals surface area contributed by atoms with Crippen molar-refractivity contribution in [2.75, 3.05) is 10.6 Å². The number of amides is 1. The fourth-order valence-corrected chi connectivity index (χ4v) is 2.87. The van der Waals surface area contributed by atoms with Crippen LogP contribution in [0.5, 0.6) is 0 Å². The van der Waals surface area contributed by atoms with E-state index >= 15 is 0 Å². The van der Waals surface area contributed by atoms with Crippen LogP contribution < -0.4 is 16.4 Å². The van der Waals surface area contributed by atoms with E-state index in [1.807, 2.05) is 42.6 Å². The maximum atomic E-state index is 10.8. The van der Waals surface area contributed by atoms with Crippen LogP contribution in [0.25, 0.3) is 22.0 Å². The molecule has 25 heavy (non-hydrogen) atoms. The summed E-state index contributed by atoms with van der Waals surface area (Å²) in [4.78, 5) is 24.3. The van der Waals surface area contributed by atoms with Gasteiger partial charge in [-0.25, -0.2) is 0 Å². The van der Waals surface area contributed by atoms with Gasteiger partial charge in [0.1, 0.15) is 6.29 Å². The van der Waals surface area contributed by atoms with E-state index in [0.29, 0.717) is 19.2 Å². The molecular formula is C19H18N4O2. The van der Waals surface area contributed by atoms with Gasteiger partial charge in [-0.1, -0.05) is 12.1 Å². The molecule has 6 nitrogen and oxygen atoms in total. The van der Waals surface area contributed by atoms with Gasteiger partial charge in [-0.05, 0) is 47.0 Å². The summed E-state index contributed by atoms with van der Waals surface area (Å²) in [5.74, 6) is 0. The maximum Gasteiger partial charge on any atom is 0.211 e. The molecule has 3 rings (SSSR count). The zero-order chi connectivity index (χ0) is 17.6. The number of H-pyrrole nitrogens is 1. The molecule has 1 amide bonds. The summed E-state index contributed by atoms with van der Waals surface area (Å²) in [6, 6.07) is 11.7. The number of nitrogens with one attached hydrogen (secondary N) is 3. The fraction of sp³-hybridized carbons (Fsp3) is 0.0526. The molecule has 0 spiro atoms. The zero-order valence-electron chi connectivity index (χ0n) is 13.5. The van der Waals surface area contributed by atoms with Gasteiger partial charge in [0, 0.05) is 30.0 Å². The molecule has 0 atom stereocenters. The van der Waals surface area contributed by atoms with Gasteiger partial charge < -0.3 is 21.4 Å². The van der Waals surface area contributed by atoms with Crippen LogP contribution in [0.1, 0.15) is 5.56 Å². The first-order chi connectivity index (χ1) is 12.3. The van der Waals surface area contributed by atoms with Crippen LogP contribution in [-0.2, 0) is 16.1 Å². The predicted molar refractivity (Wildman–Crippen MR) is 100 cm³/mol. The topological polar surface area (TPSA) is 100 Å². The molecule has 0 unspecified atom stereocenters. The van der Waals surface area contributed by atoms with E-state index in [2.05, 4.69) is 15.6 Å². The molecule has 0 fully saturated rings. The molecule has 126 valence electrons. The van der Waals surface area contributed by atoms with Crippen molar-refractivity contribution in [2.45, 2.75) is 6.54 Å². The summed E-state index contributed by atoms with van der Waals surface area (Å²) in [6.45, 7) is 0.377. The molecule has 2 aromatic carbocycles. The van der Waals surface area contributed by atoms with Crippen molar-refractivity contribution in [3.8, 4) is 11.1 Å². The Morgan fingerprint density at radius 1 is 1.04 bits per heavy atom. The standard InChI is InChI=1S/C19H18N4O2/c20-11-13-10-14(21-7-1-9-24)2-3-15(13)16-4-5-18(23-12-25)19-17(16)6-8-22-19/h1-10,12,21-22H,11,20H2,(H,23,25). The molecule has 0 bridgehead atoms. The van der Waals surface area contributed by atoms with Gasteiger partial charge in [0.05, 0.1) is 11.2 Å². The molecule has 0 aliphatic carbocycles. The lowest BCUT2D eigenvalue weighted by molar-refractivity contribution is -0.105. The first kappa shape index (κ1) is 16.5. The third-order valence-electron chi connectivity index (χ3n) is 3.98. The Hall–Kier alpha value is -3.38. The molecule has 0 radical (unpaired) electrons. The van der Waals surface area contributed by atoms with E-state index in [0.717, 1.165) is 39.0 Å². The lowest BCUT2D eigenvalue weighted by Gasteiger charge is -2.13. The van der Waals surface area contributed by atoms with Crippen molar-refractivity contribution in [2.24, 2.45) is 5.73 Å². The summed E-state index contributed by atoms with van der Waals surface area (Å²) in [5.41, 5.74) is 11.4. The third-order valence-corrected chi connectivity index (χ3v) is 3.98.